The molecule has 1 saturated heterocycles. The monoisotopic (exact) mass is 361 g/mol. The van der Waals surface area contributed by atoms with Crippen LogP contribution in [-0.2, 0) is 6.54 Å². The van der Waals surface area contributed by atoms with E-state index in [4.69, 9.17) is 0 Å². The molecular weight excluding hydrogens is 338 g/mol. The van der Waals surface area contributed by atoms with E-state index in [9.17, 15) is 4.79 Å². The maximum Gasteiger partial charge on any atom is 0.319 e. The number of fused-ring (bicyclic) bond motifs is 1. The second-order valence-corrected chi connectivity index (χ2v) is 6.77. The summed E-state index contributed by atoms with van der Waals surface area (Å²) in [6.45, 7) is 2.36. The highest BCUT2D eigenvalue weighted by Crippen LogP contribution is 2.19. The molecule has 1 aliphatic rings. The van der Waals surface area contributed by atoms with E-state index in [1.807, 2.05) is 48.5 Å². The molecule has 4 rings (SSSR count). The minimum atomic E-state index is -0.247. The molecule has 2 heterocycles. The van der Waals surface area contributed by atoms with E-state index in [1.165, 1.54) is 19.3 Å². The Morgan fingerprint density at radius 1 is 1.00 bits per heavy atom. The molecule has 1 fully saturated rings. The highest BCUT2D eigenvalue weighted by atomic mass is 16.2. The summed E-state index contributed by atoms with van der Waals surface area (Å²) < 4.78 is 0. The van der Waals surface area contributed by atoms with Crippen LogP contribution in [0.5, 0.6) is 0 Å². The van der Waals surface area contributed by atoms with Crippen LogP contribution in [0.2, 0.25) is 0 Å². The lowest BCUT2D eigenvalue weighted by Crippen LogP contribution is -2.32. The predicted molar refractivity (Wildman–Crippen MR) is 108 cm³/mol. The van der Waals surface area contributed by atoms with Gasteiger partial charge in [-0.1, -0.05) is 30.3 Å². The van der Waals surface area contributed by atoms with Gasteiger partial charge in [-0.15, -0.1) is 0 Å². The Morgan fingerprint density at radius 2 is 1.81 bits per heavy atom. The first-order chi connectivity index (χ1) is 13.3. The number of hydrogen-bond acceptors (Lipinski definition) is 4. The molecule has 0 bridgehead atoms. The van der Waals surface area contributed by atoms with Crippen molar-refractivity contribution in [3.8, 4) is 0 Å². The molecule has 6 nitrogen and oxygen atoms in total. The van der Waals surface area contributed by atoms with Gasteiger partial charge >= 0.3 is 6.03 Å². The van der Waals surface area contributed by atoms with Crippen LogP contribution in [0.4, 0.5) is 16.4 Å². The van der Waals surface area contributed by atoms with Crippen LogP contribution in [0, 0.1) is 0 Å². The number of nitrogens with one attached hydrogen (secondary N) is 2. The average molecular weight is 361 g/mol. The molecule has 2 N–H and O–H groups in total. The van der Waals surface area contributed by atoms with Gasteiger partial charge in [0.2, 0.25) is 5.95 Å². The second-order valence-electron chi connectivity index (χ2n) is 6.77. The summed E-state index contributed by atoms with van der Waals surface area (Å²) in [6.07, 6.45) is 5.39. The van der Waals surface area contributed by atoms with Crippen LogP contribution < -0.4 is 15.5 Å². The highest BCUT2D eigenvalue weighted by molar-refractivity contribution is 5.93. The summed E-state index contributed by atoms with van der Waals surface area (Å²) in [6, 6.07) is 15.5. The summed E-state index contributed by atoms with van der Waals surface area (Å²) in [7, 11) is 0. The standard InChI is InChI=1S/C21H23N5O/c27-21(25-18-9-8-16-6-2-3-7-17(16)14-18)23-15-19-10-11-22-20(24-19)26-12-4-1-5-13-26/h2-3,6-11,14H,1,4-5,12-13,15H2,(H2,23,25,27). The summed E-state index contributed by atoms with van der Waals surface area (Å²) in [4.78, 5) is 23.4. The van der Waals surface area contributed by atoms with Gasteiger partial charge in [0, 0.05) is 25.0 Å². The first-order valence-electron chi connectivity index (χ1n) is 9.38. The Balaban J connectivity index is 1.35. The zero-order valence-corrected chi connectivity index (χ0v) is 15.2. The van der Waals surface area contributed by atoms with Gasteiger partial charge in [0.25, 0.3) is 0 Å². The molecule has 3 aromatic rings. The number of amides is 2. The van der Waals surface area contributed by atoms with Crippen LogP contribution in [0.3, 0.4) is 0 Å². The van der Waals surface area contributed by atoms with Gasteiger partial charge in [0.05, 0.1) is 12.2 Å². The predicted octanol–water partition coefficient (Wildman–Crippen LogP) is 3.94. The van der Waals surface area contributed by atoms with E-state index in [-0.39, 0.29) is 6.03 Å². The molecule has 0 atom stereocenters. The van der Waals surface area contributed by atoms with E-state index in [0.717, 1.165) is 41.2 Å². The van der Waals surface area contributed by atoms with Crippen LogP contribution in [0.15, 0.2) is 54.7 Å². The molecule has 0 radical (unpaired) electrons. The summed E-state index contributed by atoms with van der Waals surface area (Å²) >= 11 is 0. The van der Waals surface area contributed by atoms with Crippen molar-refractivity contribution in [2.75, 3.05) is 23.3 Å². The number of rotatable bonds is 4. The Morgan fingerprint density at radius 3 is 2.67 bits per heavy atom. The van der Waals surface area contributed by atoms with Crippen molar-refractivity contribution in [3.05, 3.63) is 60.4 Å². The van der Waals surface area contributed by atoms with Crippen LogP contribution in [0.1, 0.15) is 25.0 Å². The van der Waals surface area contributed by atoms with Crippen molar-refractivity contribution in [3.63, 3.8) is 0 Å². The first kappa shape index (κ1) is 17.3. The third-order valence-corrected chi connectivity index (χ3v) is 4.78. The van der Waals surface area contributed by atoms with Gasteiger partial charge in [-0.25, -0.2) is 14.8 Å². The van der Waals surface area contributed by atoms with Gasteiger partial charge in [-0.3, -0.25) is 0 Å². The fraction of sp³-hybridized carbons (Fsp3) is 0.286. The molecule has 6 heteroatoms. The molecular formula is C21H23N5O. The lowest BCUT2D eigenvalue weighted by molar-refractivity contribution is 0.251. The fourth-order valence-corrected chi connectivity index (χ4v) is 3.34. The van der Waals surface area contributed by atoms with Crippen molar-refractivity contribution in [1.82, 2.24) is 15.3 Å². The average Bonchev–Trinajstić information content (AvgIpc) is 2.73. The van der Waals surface area contributed by atoms with E-state index >= 15 is 0 Å². The highest BCUT2D eigenvalue weighted by Gasteiger charge is 2.13. The molecule has 0 saturated carbocycles. The van der Waals surface area contributed by atoms with Gasteiger partial charge in [0.1, 0.15) is 0 Å². The van der Waals surface area contributed by atoms with Crippen LogP contribution in [-0.4, -0.2) is 29.1 Å². The smallest absolute Gasteiger partial charge is 0.319 e. The number of nitrogens with zero attached hydrogens (tertiary/aromatic N) is 3. The molecule has 0 aliphatic carbocycles. The van der Waals surface area contributed by atoms with Gasteiger partial charge in [-0.05, 0) is 48.2 Å². The number of benzene rings is 2. The Hall–Kier alpha value is -3.15. The normalized spacial score (nSPS) is 14.1. The second kappa shape index (κ2) is 8.03. The molecule has 0 spiro atoms. The molecule has 2 aromatic carbocycles. The molecule has 138 valence electrons. The molecule has 1 aliphatic heterocycles. The molecule has 1 aromatic heterocycles. The van der Waals surface area contributed by atoms with E-state index in [2.05, 4.69) is 25.5 Å². The van der Waals surface area contributed by atoms with Crippen molar-refractivity contribution in [1.29, 1.82) is 0 Å². The third-order valence-electron chi connectivity index (χ3n) is 4.78. The summed E-state index contributed by atoms with van der Waals surface area (Å²) in [5.41, 5.74) is 1.57. The lowest BCUT2D eigenvalue weighted by atomic mass is 10.1. The minimum absolute atomic E-state index is 0.247. The van der Waals surface area contributed by atoms with Gasteiger partial charge in [-0.2, -0.15) is 0 Å². The number of carbonyl (C=O) groups excluding carboxylic acids is 1. The van der Waals surface area contributed by atoms with E-state index in [1.54, 1.807) is 6.20 Å². The molecule has 27 heavy (non-hydrogen) atoms. The fourth-order valence-electron chi connectivity index (χ4n) is 3.34. The number of carbonyl (C=O) groups is 1. The zero-order valence-electron chi connectivity index (χ0n) is 15.2. The topological polar surface area (TPSA) is 70.2 Å². The lowest BCUT2D eigenvalue weighted by Gasteiger charge is -2.26. The number of urea groups is 1. The Labute approximate surface area is 158 Å². The largest absolute Gasteiger partial charge is 0.341 e. The van der Waals surface area contributed by atoms with Crippen LogP contribution >= 0.6 is 0 Å². The van der Waals surface area contributed by atoms with Crippen molar-refractivity contribution in [2.45, 2.75) is 25.8 Å². The van der Waals surface area contributed by atoms with Gasteiger partial charge < -0.3 is 15.5 Å². The number of piperidine rings is 1. The molecule has 2 amide bonds. The molecule has 0 unspecified atom stereocenters. The number of hydrogen-bond donors (Lipinski definition) is 2. The van der Waals surface area contributed by atoms with Crippen LogP contribution in [0.25, 0.3) is 10.8 Å². The van der Waals surface area contributed by atoms with Crippen molar-refractivity contribution < 1.29 is 4.79 Å². The zero-order chi connectivity index (χ0) is 18.5. The number of anilines is 2. The van der Waals surface area contributed by atoms with Gasteiger partial charge in [0.15, 0.2) is 0 Å². The SMILES string of the molecule is O=C(NCc1ccnc(N2CCCCC2)n1)Nc1ccc2ccccc2c1. The van der Waals surface area contributed by atoms with E-state index < -0.39 is 0 Å². The number of aromatic nitrogens is 2. The Kier molecular flexibility index (Phi) is 5.14. The van der Waals surface area contributed by atoms with Crippen molar-refractivity contribution in [2.24, 2.45) is 0 Å². The Bertz CT molecular complexity index is 937. The van der Waals surface area contributed by atoms with E-state index in [0.29, 0.717) is 6.54 Å². The maximum absolute atomic E-state index is 12.2. The minimum Gasteiger partial charge on any atom is -0.341 e. The van der Waals surface area contributed by atoms with Crippen molar-refractivity contribution >= 4 is 28.4 Å². The maximum atomic E-state index is 12.2. The first-order valence-corrected chi connectivity index (χ1v) is 9.38. The summed E-state index contributed by atoms with van der Waals surface area (Å²) in [5, 5.41) is 7.99. The summed E-state index contributed by atoms with van der Waals surface area (Å²) in [5.74, 6) is 0.754. The quantitative estimate of drug-likeness (QED) is 0.738. The third kappa shape index (κ3) is 4.34.